The van der Waals surface area contributed by atoms with E-state index in [-0.39, 0.29) is 5.78 Å². The van der Waals surface area contributed by atoms with Gasteiger partial charge >= 0.3 is 6.09 Å². The summed E-state index contributed by atoms with van der Waals surface area (Å²) in [4.78, 5) is 23.4. The molecule has 0 aliphatic heterocycles. The van der Waals surface area contributed by atoms with Crippen LogP contribution in [0, 0.1) is 0 Å². The van der Waals surface area contributed by atoms with E-state index in [1.54, 1.807) is 6.07 Å². The van der Waals surface area contributed by atoms with Crippen LogP contribution in [0.4, 0.5) is 4.79 Å². The predicted octanol–water partition coefficient (Wildman–Crippen LogP) is 3.45. The van der Waals surface area contributed by atoms with E-state index in [2.05, 4.69) is 15.9 Å². The van der Waals surface area contributed by atoms with Gasteiger partial charge in [0.1, 0.15) is 0 Å². The Labute approximate surface area is 111 Å². The fourth-order valence-electron chi connectivity index (χ4n) is 2.62. The molecule has 0 bridgehead atoms. The summed E-state index contributed by atoms with van der Waals surface area (Å²) in [6.07, 6.45) is 0.882. The van der Waals surface area contributed by atoms with Crippen molar-refractivity contribution in [2.24, 2.45) is 0 Å². The molecule has 2 aromatic rings. The molecule has 92 valence electrons. The minimum atomic E-state index is -1.10. The number of aromatic nitrogens is 1. The number of aryl methyl sites for hydroxylation is 1. The van der Waals surface area contributed by atoms with Crippen molar-refractivity contribution < 1.29 is 14.7 Å². The van der Waals surface area contributed by atoms with Crippen molar-refractivity contribution in [3.8, 4) is 0 Å². The maximum Gasteiger partial charge on any atom is 0.416 e. The number of carbonyl (C=O) groups is 2. The SMILES string of the molecule is O=C1CCCc2c1n(C(=O)O)c1cc(Br)ccc21. The van der Waals surface area contributed by atoms with Crippen LogP contribution < -0.4 is 0 Å². The second-order valence-electron chi connectivity index (χ2n) is 4.38. The van der Waals surface area contributed by atoms with Crippen molar-refractivity contribution in [3.63, 3.8) is 0 Å². The van der Waals surface area contributed by atoms with Crippen LogP contribution in [0.2, 0.25) is 0 Å². The summed E-state index contributed by atoms with van der Waals surface area (Å²) in [6, 6.07) is 5.49. The van der Waals surface area contributed by atoms with Crippen molar-refractivity contribution in [2.45, 2.75) is 19.3 Å². The molecule has 0 spiro atoms. The molecule has 0 fully saturated rings. The lowest BCUT2D eigenvalue weighted by Crippen LogP contribution is -2.19. The van der Waals surface area contributed by atoms with Crippen LogP contribution in [-0.2, 0) is 6.42 Å². The van der Waals surface area contributed by atoms with Gasteiger partial charge < -0.3 is 5.11 Å². The molecule has 1 aromatic heterocycles. The Balaban J connectivity index is 2.47. The van der Waals surface area contributed by atoms with Crippen LogP contribution in [-0.4, -0.2) is 21.6 Å². The number of nitrogens with zero attached hydrogens (tertiary/aromatic N) is 1. The van der Waals surface area contributed by atoms with Gasteiger partial charge in [-0.05, 0) is 30.5 Å². The number of rotatable bonds is 0. The monoisotopic (exact) mass is 307 g/mol. The number of benzene rings is 1. The van der Waals surface area contributed by atoms with Crippen molar-refractivity contribution in [2.75, 3.05) is 0 Å². The van der Waals surface area contributed by atoms with E-state index in [9.17, 15) is 14.7 Å². The van der Waals surface area contributed by atoms with Gasteiger partial charge in [-0.15, -0.1) is 0 Å². The molecule has 1 N–H and O–H groups in total. The molecule has 3 rings (SSSR count). The molecule has 0 atom stereocenters. The van der Waals surface area contributed by atoms with E-state index >= 15 is 0 Å². The number of fused-ring (bicyclic) bond motifs is 3. The van der Waals surface area contributed by atoms with Crippen LogP contribution in [0.1, 0.15) is 28.9 Å². The van der Waals surface area contributed by atoms with Gasteiger partial charge in [0, 0.05) is 16.3 Å². The number of hydrogen-bond acceptors (Lipinski definition) is 2. The lowest BCUT2D eigenvalue weighted by atomic mass is 9.94. The molecule has 0 unspecified atom stereocenters. The zero-order valence-electron chi connectivity index (χ0n) is 9.44. The first kappa shape index (κ1) is 11.5. The summed E-state index contributed by atoms with van der Waals surface area (Å²) >= 11 is 3.33. The molecule has 0 radical (unpaired) electrons. The van der Waals surface area contributed by atoms with E-state index in [0.717, 1.165) is 32.8 Å². The summed E-state index contributed by atoms with van der Waals surface area (Å²) in [5, 5.41) is 10.2. The van der Waals surface area contributed by atoms with Crippen LogP contribution in [0.5, 0.6) is 0 Å². The van der Waals surface area contributed by atoms with Crippen molar-refractivity contribution in [3.05, 3.63) is 33.9 Å². The Morgan fingerprint density at radius 2 is 2.11 bits per heavy atom. The number of ketones is 1. The van der Waals surface area contributed by atoms with E-state index in [1.165, 1.54) is 0 Å². The van der Waals surface area contributed by atoms with Crippen molar-refractivity contribution in [1.82, 2.24) is 4.57 Å². The Kier molecular flexibility index (Phi) is 2.52. The first-order chi connectivity index (χ1) is 8.59. The third kappa shape index (κ3) is 1.50. The number of hydrogen-bond donors (Lipinski definition) is 1. The lowest BCUT2D eigenvalue weighted by Gasteiger charge is -2.11. The molecule has 1 aliphatic carbocycles. The summed E-state index contributed by atoms with van der Waals surface area (Å²) < 4.78 is 1.93. The van der Waals surface area contributed by atoms with E-state index in [4.69, 9.17) is 0 Å². The number of halogens is 1. The Hall–Kier alpha value is -1.62. The zero-order valence-corrected chi connectivity index (χ0v) is 11.0. The molecular formula is C13H10BrNO3. The maximum absolute atomic E-state index is 12.0. The Bertz CT molecular complexity index is 687. The molecule has 0 saturated carbocycles. The molecule has 0 saturated heterocycles. The van der Waals surface area contributed by atoms with Gasteiger partial charge in [-0.3, -0.25) is 4.79 Å². The molecule has 1 heterocycles. The van der Waals surface area contributed by atoms with Gasteiger partial charge in [0.05, 0.1) is 11.2 Å². The Morgan fingerprint density at radius 1 is 1.33 bits per heavy atom. The van der Waals surface area contributed by atoms with E-state index < -0.39 is 6.09 Å². The second-order valence-corrected chi connectivity index (χ2v) is 5.30. The van der Waals surface area contributed by atoms with Crippen molar-refractivity contribution >= 4 is 38.7 Å². The van der Waals surface area contributed by atoms with Gasteiger partial charge in [0.2, 0.25) is 0 Å². The van der Waals surface area contributed by atoms with Crippen LogP contribution in [0.15, 0.2) is 22.7 Å². The fourth-order valence-corrected chi connectivity index (χ4v) is 2.97. The zero-order chi connectivity index (χ0) is 12.9. The molecule has 1 aliphatic rings. The first-order valence-electron chi connectivity index (χ1n) is 5.69. The van der Waals surface area contributed by atoms with Gasteiger partial charge in [0.15, 0.2) is 5.78 Å². The van der Waals surface area contributed by atoms with Gasteiger partial charge in [-0.25, -0.2) is 9.36 Å². The summed E-state index contributed by atoms with van der Waals surface area (Å²) in [7, 11) is 0. The summed E-state index contributed by atoms with van der Waals surface area (Å²) in [6.45, 7) is 0. The highest BCUT2D eigenvalue weighted by Crippen LogP contribution is 2.33. The molecule has 4 nitrogen and oxygen atoms in total. The fraction of sp³-hybridized carbons (Fsp3) is 0.231. The van der Waals surface area contributed by atoms with Crippen molar-refractivity contribution in [1.29, 1.82) is 0 Å². The topological polar surface area (TPSA) is 59.3 Å². The first-order valence-corrected chi connectivity index (χ1v) is 6.48. The number of carbonyl (C=O) groups excluding carboxylic acids is 1. The van der Waals surface area contributed by atoms with Gasteiger partial charge in [-0.2, -0.15) is 0 Å². The predicted molar refractivity (Wildman–Crippen MR) is 70.3 cm³/mol. The average Bonchev–Trinajstić information content (AvgIpc) is 2.64. The molecule has 1 aromatic carbocycles. The molecule has 18 heavy (non-hydrogen) atoms. The van der Waals surface area contributed by atoms with E-state index in [1.807, 2.05) is 12.1 Å². The molecule has 0 amide bonds. The normalized spacial score (nSPS) is 14.8. The minimum absolute atomic E-state index is 0.0778. The smallest absolute Gasteiger partial charge is 0.416 e. The lowest BCUT2D eigenvalue weighted by molar-refractivity contribution is 0.0962. The standard InChI is InChI=1S/C13H10BrNO3/c14-7-4-5-8-9-2-1-3-11(16)12(9)15(13(17)18)10(8)6-7/h4-6H,1-3H2,(H,17,18). The highest BCUT2D eigenvalue weighted by atomic mass is 79.9. The van der Waals surface area contributed by atoms with Crippen LogP contribution >= 0.6 is 15.9 Å². The number of Topliss-reactive ketones (excluding diaryl/α,β-unsaturated/α-hetero) is 1. The van der Waals surface area contributed by atoms with Gasteiger partial charge in [0.25, 0.3) is 0 Å². The molecule has 5 heteroatoms. The highest BCUT2D eigenvalue weighted by Gasteiger charge is 2.28. The largest absolute Gasteiger partial charge is 0.464 e. The van der Waals surface area contributed by atoms with E-state index in [0.29, 0.717) is 17.6 Å². The van der Waals surface area contributed by atoms with Crippen LogP contribution in [0.25, 0.3) is 10.9 Å². The highest BCUT2D eigenvalue weighted by molar-refractivity contribution is 9.10. The Morgan fingerprint density at radius 3 is 2.83 bits per heavy atom. The third-order valence-electron chi connectivity index (χ3n) is 3.32. The average molecular weight is 308 g/mol. The maximum atomic E-state index is 12.0. The van der Waals surface area contributed by atoms with Crippen LogP contribution in [0.3, 0.4) is 0 Å². The quantitative estimate of drug-likeness (QED) is 0.811. The third-order valence-corrected chi connectivity index (χ3v) is 3.81. The number of carboxylic acid groups (broad SMARTS) is 1. The summed E-state index contributed by atoms with van der Waals surface area (Å²) in [5.41, 5.74) is 1.80. The molecular weight excluding hydrogens is 298 g/mol. The summed E-state index contributed by atoms with van der Waals surface area (Å²) in [5.74, 6) is -0.0778. The van der Waals surface area contributed by atoms with Gasteiger partial charge in [-0.1, -0.05) is 22.0 Å². The second kappa shape index (κ2) is 3.95. The minimum Gasteiger partial charge on any atom is -0.464 e.